The molecule has 0 bridgehead atoms. The van der Waals surface area contributed by atoms with E-state index in [1.807, 2.05) is 0 Å². The molecule has 2 atom stereocenters. The van der Waals surface area contributed by atoms with E-state index in [-0.39, 0.29) is 0 Å². The van der Waals surface area contributed by atoms with E-state index in [0.29, 0.717) is 12.1 Å². The topological polar surface area (TPSA) is 15.3 Å². The van der Waals surface area contributed by atoms with Crippen molar-refractivity contribution in [3.05, 3.63) is 28.2 Å². The average molecular weight is 339 g/mol. The van der Waals surface area contributed by atoms with Crippen molar-refractivity contribution in [3.63, 3.8) is 0 Å². The number of anilines is 1. The van der Waals surface area contributed by atoms with E-state index in [9.17, 15) is 0 Å². The number of piperidine rings is 1. The van der Waals surface area contributed by atoms with E-state index >= 15 is 0 Å². The number of benzene rings is 1. The third-order valence-corrected chi connectivity index (χ3v) is 4.77. The lowest BCUT2D eigenvalue weighted by Gasteiger charge is -2.37. The number of rotatable bonds is 5. The van der Waals surface area contributed by atoms with Crippen molar-refractivity contribution < 1.29 is 0 Å². The molecular formula is C17H27BrN2. The van der Waals surface area contributed by atoms with Crippen LogP contribution in [-0.2, 0) is 0 Å². The highest BCUT2D eigenvalue weighted by atomic mass is 79.9. The van der Waals surface area contributed by atoms with Gasteiger partial charge in [-0.25, -0.2) is 0 Å². The Bertz CT molecular complexity index is 433. The lowest BCUT2D eigenvalue weighted by Crippen LogP contribution is -2.38. The number of nitrogens with zero attached hydrogens (tertiary/aromatic N) is 1. The molecule has 0 saturated carbocycles. The van der Waals surface area contributed by atoms with Crippen molar-refractivity contribution in [2.75, 3.05) is 18.0 Å². The molecule has 1 aliphatic rings. The van der Waals surface area contributed by atoms with Crippen LogP contribution in [0.1, 0.15) is 58.1 Å². The second-order valence-corrected chi connectivity index (χ2v) is 6.83. The van der Waals surface area contributed by atoms with Crippen molar-refractivity contribution in [2.24, 2.45) is 0 Å². The predicted octanol–water partition coefficient (Wildman–Crippen LogP) is 4.89. The first-order valence-corrected chi connectivity index (χ1v) is 8.72. The van der Waals surface area contributed by atoms with Crippen LogP contribution in [0.25, 0.3) is 0 Å². The largest absolute Gasteiger partial charge is 0.369 e. The molecule has 0 spiro atoms. The molecule has 3 heteroatoms. The summed E-state index contributed by atoms with van der Waals surface area (Å²) >= 11 is 3.64. The molecule has 112 valence electrons. The van der Waals surface area contributed by atoms with Crippen molar-refractivity contribution in [1.29, 1.82) is 0 Å². The minimum Gasteiger partial charge on any atom is -0.369 e. The second kappa shape index (κ2) is 7.46. The van der Waals surface area contributed by atoms with Crippen molar-refractivity contribution in [2.45, 2.75) is 58.5 Å². The Morgan fingerprint density at radius 3 is 2.90 bits per heavy atom. The van der Waals surface area contributed by atoms with Crippen LogP contribution in [0.3, 0.4) is 0 Å². The fourth-order valence-corrected chi connectivity index (χ4v) is 3.41. The van der Waals surface area contributed by atoms with Gasteiger partial charge in [-0.15, -0.1) is 0 Å². The summed E-state index contributed by atoms with van der Waals surface area (Å²) < 4.78 is 1.18. The zero-order chi connectivity index (χ0) is 14.5. The highest BCUT2D eigenvalue weighted by Crippen LogP contribution is 2.33. The van der Waals surface area contributed by atoms with Gasteiger partial charge in [-0.05, 0) is 63.8 Å². The van der Waals surface area contributed by atoms with Crippen LogP contribution in [0.4, 0.5) is 5.69 Å². The van der Waals surface area contributed by atoms with E-state index in [0.717, 1.165) is 6.54 Å². The van der Waals surface area contributed by atoms with Gasteiger partial charge in [-0.3, -0.25) is 0 Å². The monoisotopic (exact) mass is 338 g/mol. The lowest BCUT2D eigenvalue weighted by molar-refractivity contribution is 0.480. The molecule has 1 aliphatic heterocycles. The van der Waals surface area contributed by atoms with Crippen molar-refractivity contribution >= 4 is 21.6 Å². The number of hydrogen-bond donors (Lipinski definition) is 1. The third kappa shape index (κ3) is 3.76. The first-order valence-electron chi connectivity index (χ1n) is 7.93. The molecule has 1 aromatic carbocycles. The molecular weight excluding hydrogens is 312 g/mol. The Labute approximate surface area is 132 Å². The van der Waals surface area contributed by atoms with Crippen LogP contribution in [0.2, 0.25) is 0 Å². The van der Waals surface area contributed by atoms with Gasteiger partial charge in [0, 0.05) is 28.8 Å². The Morgan fingerprint density at radius 2 is 2.20 bits per heavy atom. The molecule has 2 nitrogen and oxygen atoms in total. The summed E-state index contributed by atoms with van der Waals surface area (Å²) in [7, 11) is 0. The molecule has 0 radical (unpaired) electrons. The number of halogens is 1. The van der Waals surface area contributed by atoms with Crippen LogP contribution >= 0.6 is 15.9 Å². The minimum absolute atomic E-state index is 0.409. The SMILES string of the molecule is CCCNC(C)c1ccc(Br)cc1N1CCCCC1C. The molecule has 1 saturated heterocycles. The zero-order valence-electron chi connectivity index (χ0n) is 13.0. The third-order valence-electron chi connectivity index (χ3n) is 4.27. The van der Waals surface area contributed by atoms with Gasteiger partial charge in [0.2, 0.25) is 0 Å². The molecule has 0 aliphatic carbocycles. The maximum Gasteiger partial charge on any atom is 0.0428 e. The van der Waals surface area contributed by atoms with Gasteiger partial charge in [0.1, 0.15) is 0 Å². The number of hydrogen-bond acceptors (Lipinski definition) is 2. The summed E-state index contributed by atoms with van der Waals surface area (Å²) in [6.07, 6.45) is 5.16. The summed E-state index contributed by atoms with van der Waals surface area (Å²) in [5.41, 5.74) is 2.83. The van der Waals surface area contributed by atoms with Crippen LogP contribution < -0.4 is 10.2 Å². The van der Waals surface area contributed by atoms with Gasteiger partial charge in [0.25, 0.3) is 0 Å². The first-order chi connectivity index (χ1) is 9.63. The van der Waals surface area contributed by atoms with Gasteiger partial charge in [-0.1, -0.05) is 28.9 Å². The Hall–Kier alpha value is -0.540. The Balaban J connectivity index is 2.27. The van der Waals surface area contributed by atoms with E-state index < -0.39 is 0 Å². The molecule has 2 rings (SSSR count). The molecule has 1 heterocycles. The predicted molar refractivity (Wildman–Crippen MR) is 91.5 cm³/mol. The van der Waals surface area contributed by atoms with Gasteiger partial charge < -0.3 is 10.2 Å². The van der Waals surface area contributed by atoms with Crippen LogP contribution in [0, 0.1) is 0 Å². The number of nitrogens with one attached hydrogen (secondary N) is 1. The maximum atomic E-state index is 3.64. The van der Waals surface area contributed by atoms with Crippen molar-refractivity contribution in [1.82, 2.24) is 5.32 Å². The van der Waals surface area contributed by atoms with Crippen molar-refractivity contribution in [3.8, 4) is 0 Å². The summed E-state index contributed by atoms with van der Waals surface area (Å²) in [6.45, 7) is 9.11. The highest BCUT2D eigenvalue weighted by molar-refractivity contribution is 9.10. The van der Waals surface area contributed by atoms with Crippen LogP contribution in [0.15, 0.2) is 22.7 Å². The first kappa shape index (κ1) is 15.8. The quantitative estimate of drug-likeness (QED) is 0.822. The Morgan fingerprint density at radius 1 is 1.40 bits per heavy atom. The smallest absolute Gasteiger partial charge is 0.0428 e. The van der Waals surface area contributed by atoms with E-state index in [2.05, 4.69) is 65.1 Å². The molecule has 20 heavy (non-hydrogen) atoms. The summed E-state index contributed by atoms with van der Waals surface area (Å²) in [5.74, 6) is 0. The highest BCUT2D eigenvalue weighted by Gasteiger charge is 2.22. The molecule has 0 aromatic heterocycles. The van der Waals surface area contributed by atoms with E-state index in [4.69, 9.17) is 0 Å². The Kier molecular flexibility index (Phi) is 5.91. The molecule has 2 unspecified atom stereocenters. The fourth-order valence-electron chi connectivity index (χ4n) is 3.06. The maximum absolute atomic E-state index is 3.64. The van der Waals surface area contributed by atoms with Crippen LogP contribution in [-0.4, -0.2) is 19.1 Å². The molecule has 1 fully saturated rings. The molecule has 1 N–H and O–H groups in total. The van der Waals surface area contributed by atoms with Crippen LogP contribution in [0.5, 0.6) is 0 Å². The van der Waals surface area contributed by atoms with E-state index in [1.165, 1.54) is 48.0 Å². The lowest BCUT2D eigenvalue weighted by atomic mass is 9.99. The second-order valence-electron chi connectivity index (χ2n) is 5.92. The van der Waals surface area contributed by atoms with Gasteiger partial charge in [0.15, 0.2) is 0 Å². The summed E-state index contributed by atoms with van der Waals surface area (Å²) in [6, 6.07) is 7.79. The van der Waals surface area contributed by atoms with Gasteiger partial charge >= 0.3 is 0 Å². The van der Waals surface area contributed by atoms with Gasteiger partial charge in [-0.2, -0.15) is 0 Å². The average Bonchev–Trinajstić information content (AvgIpc) is 2.45. The summed E-state index contributed by atoms with van der Waals surface area (Å²) in [4.78, 5) is 2.59. The summed E-state index contributed by atoms with van der Waals surface area (Å²) in [5, 5.41) is 3.62. The van der Waals surface area contributed by atoms with Gasteiger partial charge in [0.05, 0.1) is 0 Å². The molecule has 1 aromatic rings. The fraction of sp³-hybridized carbons (Fsp3) is 0.647. The van der Waals surface area contributed by atoms with E-state index in [1.54, 1.807) is 0 Å². The normalized spacial score (nSPS) is 21.0. The standard InChI is InChI=1S/C17H27BrN2/c1-4-10-19-14(3)16-9-8-15(18)12-17(16)20-11-6-5-7-13(20)2/h8-9,12-14,19H,4-7,10-11H2,1-3H3. The zero-order valence-corrected chi connectivity index (χ0v) is 14.5. The minimum atomic E-state index is 0.409. The molecule has 0 amide bonds.